The molecule has 0 radical (unpaired) electrons. The molecule has 0 aliphatic heterocycles. The van der Waals surface area contributed by atoms with Crippen molar-refractivity contribution in [2.75, 3.05) is 0 Å². The molecular weight excluding hydrogens is 516 g/mol. The molecule has 128 valence electrons. The Morgan fingerprint density at radius 3 is 0.333 bits per heavy atom. The maximum absolute atomic E-state index is 8.52. The normalized spacial score (nSPS) is 9.67. The SMILES string of the molecule is O=S(=O)([O-])[O-].O=S(=O)([O-])[O-].O=S(=O)([O-])[O-].O=S(=O)([O-])[O-].[Al+3].[Al+3].[K+].[K+]. The van der Waals surface area contributed by atoms with E-state index in [1.54, 1.807) is 0 Å². The Labute approximate surface area is 244 Å². The molecule has 0 bridgehead atoms. The van der Waals surface area contributed by atoms with E-state index < -0.39 is 41.6 Å². The van der Waals surface area contributed by atoms with Crippen molar-refractivity contribution in [2.45, 2.75) is 0 Å². The van der Waals surface area contributed by atoms with Crippen LogP contribution >= 0.6 is 0 Å². The predicted molar refractivity (Wildman–Crippen MR) is 53.4 cm³/mol. The molecule has 0 aromatic carbocycles. The molecule has 0 aliphatic carbocycles. The summed E-state index contributed by atoms with van der Waals surface area (Å²) in [4.78, 5) is 0. The topological polar surface area (TPSA) is 321 Å². The first-order chi connectivity index (χ1) is 8.00. The van der Waals surface area contributed by atoms with Gasteiger partial charge in [0.25, 0.3) is 0 Å². The van der Waals surface area contributed by atoms with Gasteiger partial charge in [-0.05, 0) is 0 Å². The molecule has 0 N–H and O–H groups in total. The summed E-state index contributed by atoms with van der Waals surface area (Å²) in [7, 11) is -20.7. The van der Waals surface area contributed by atoms with Gasteiger partial charge in [-0.3, -0.25) is 33.7 Å². The molecule has 0 saturated heterocycles. The minimum atomic E-state index is -5.17. The van der Waals surface area contributed by atoms with Crippen LogP contribution in [0.2, 0.25) is 0 Å². The summed E-state index contributed by atoms with van der Waals surface area (Å²) in [6, 6.07) is 0. The van der Waals surface area contributed by atoms with Crippen LogP contribution in [-0.4, -0.2) is 105 Å². The van der Waals surface area contributed by atoms with Crippen LogP contribution in [0.25, 0.3) is 0 Å². The second-order valence-corrected chi connectivity index (χ2v) is 4.90. The second-order valence-electron chi connectivity index (χ2n) is 1.63. The molecule has 0 rings (SSSR count). The molecule has 0 aromatic rings. The maximum Gasteiger partial charge on any atom is 3.00 e. The van der Waals surface area contributed by atoms with Crippen LogP contribution in [0.4, 0.5) is 0 Å². The average molecular weight is 516 g/mol. The summed E-state index contributed by atoms with van der Waals surface area (Å²) < 4.78 is 136. The molecular formula is Al2K2O16S4. The van der Waals surface area contributed by atoms with Crippen LogP contribution < -0.4 is 103 Å². The Bertz CT molecular complexity index is 487. The fraction of sp³-hybridized carbons (Fsp3) is 0. The summed E-state index contributed by atoms with van der Waals surface area (Å²) in [6.45, 7) is 0. The molecule has 0 heterocycles. The van der Waals surface area contributed by atoms with Crippen LogP contribution in [0.3, 0.4) is 0 Å². The number of rotatable bonds is 0. The third-order valence-electron chi connectivity index (χ3n) is 0. The molecule has 0 saturated carbocycles. The standard InChI is InChI=1S/2Al.2K.4H2O4S/c;;;;4*1-5(2,3)4/h;;;;4*(H2,1,2,3,4)/q2*+3;2*+1;;;;/p-8. The minimum absolute atomic E-state index is 0. The van der Waals surface area contributed by atoms with Crippen molar-refractivity contribution in [1.82, 2.24) is 0 Å². The summed E-state index contributed by atoms with van der Waals surface area (Å²) in [6.07, 6.45) is 0. The van der Waals surface area contributed by atoms with Gasteiger partial charge in [0.2, 0.25) is 0 Å². The molecule has 0 spiro atoms. The monoisotopic (exact) mass is 516 g/mol. The third-order valence-corrected chi connectivity index (χ3v) is 0. The van der Waals surface area contributed by atoms with Gasteiger partial charge in [0.15, 0.2) is 0 Å². The van der Waals surface area contributed by atoms with Gasteiger partial charge in [-0.15, -0.1) is 0 Å². The van der Waals surface area contributed by atoms with E-state index in [2.05, 4.69) is 0 Å². The predicted octanol–water partition coefficient (Wildman–Crippen LogP) is -12.1. The average Bonchev–Trinajstić information content (AvgIpc) is 1.62. The van der Waals surface area contributed by atoms with Crippen LogP contribution in [0.15, 0.2) is 0 Å². The first-order valence-corrected chi connectivity index (χ1v) is 8.00. The summed E-state index contributed by atoms with van der Waals surface area (Å²) in [5.41, 5.74) is 0. The molecule has 0 unspecified atom stereocenters. The Balaban J connectivity index is -0.0000000225. The zero-order valence-electron chi connectivity index (χ0n) is 11.3. The van der Waals surface area contributed by atoms with Gasteiger partial charge in [0.1, 0.15) is 0 Å². The van der Waals surface area contributed by atoms with Crippen LogP contribution in [0.5, 0.6) is 0 Å². The molecule has 0 aromatic heterocycles. The number of hydrogen-bond acceptors (Lipinski definition) is 16. The van der Waals surface area contributed by atoms with E-state index in [1.165, 1.54) is 0 Å². The molecule has 24 heavy (non-hydrogen) atoms. The maximum atomic E-state index is 8.52. The van der Waals surface area contributed by atoms with E-state index in [4.69, 9.17) is 70.1 Å². The van der Waals surface area contributed by atoms with E-state index >= 15 is 0 Å². The summed E-state index contributed by atoms with van der Waals surface area (Å²) in [5.74, 6) is 0. The van der Waals surface area contributed by atoms with Gasteiger partial charge in [-0.2, -0.15) is 0 Å². The molecule has 0 atom stereocenters. The fourth-order valence-corrected chi connectivity index (χ4v) is 0. The molecule has 16 nitrogen and oxygen atoms in total. The minimum Gasteiger partial charge on any atom is -0.759 e. The molecule has 0 amide bonds. The fourth-order valence-electron chi connectivity index (χ4n) is 0. The van der Waals surface area contributed by atoms with Crippen LogP contribution in [0, 0.1) is 0 Å². The molecule has 24 heteroatoms. The van der Waals surface area contributed by atoms with E-state index in [-0.39, 0.29) is 137 Å². The second kappa shape index (κ2) is 23.1. The van der Waals surface area contributed by atoms with Crippen molar-refractivity contribution >= 4 is 76.3 Å². The van der Waals surface area contributed by atoms with Crippen LogP contribution in [-0.2, 0) is 41.6 Å². The van der Waals surface area contributed by atoms with E-state index in [0.717, 1.165) is 0 Å². The van der Waals surface area contributed by atoms with Crippen LogP contribution in [0.1, 0.15) is 0 Å². The van der Waals surface area contributed by atoms with Gasteiger partial charge < -0.3 is 36.4 Å². The van der Waals surface area contributed by atoms with Crippen molar-refractivity contribution in [2.24, 2.45) is 0 Å². The zero-order chi connectivity index (χ0) is 18.0. The first kappa shape index (κ1) is 50.9. The largest absolute Gasteiger partial charge is 3.00 e. The Hall–Kier alpha value is 3.82. The van der Waals surface area contributed by atoms with Crippen molar-refractivity contribution < 1.29 is 173 Å². The summed E-state index contributed by atoms with van der Waals surface area (Å²) in [5, 5.41) is 0. The molecule has 0 fully saturated rings. The van der Waals surface area contributed by atoms with Gasteiger partial charge >= 0.3 is 137 Å². The summed E-state index contributed by atoms with van der Waals surface area (Å²) >= 11 is 0. The Morgan fingerprint density at radius 1 is 0.333 bits per heavy atom. The first-order valence-electron chi connectivity index (χ1n) is 2.67. The smallest absolute Gasteiger partial charge is 0.759 e. The molecule has 0 aliphatic rings. The van der Waals surface area contributed by atoms with E-state index in [9.17, 15) is 0 Å². The third kappa shape index (κ3) is 1090. The van der Waals surface area contributed by atoms with Crippen molar-refractivity contribution in [3.8, 4) is 0 Å². The van der Waals surface area contributed by atoms with Gasteiger partial charge in [-0.1, -0.05) is 0 Å². The van der Waals surface area contributed by atoms with Gasteiger partial charge in [0, 0.05) is 41.6 Å². The van der Waals surface area contributed by atoms with Gasteiger partial charge in [-0.25, -0.2) is 0 Å². The zero-order valence-corrected chi connectivity index (χ0v) is 23.1. The van der Waals surface area contributed by atoms with Crippen molar-refractivity contribution in [1.29, 1.82) is 0 Å². The Morgan fingerprint density at radius 2 is 0.333 bits per heavy atom. The Kier molecular flexibility index (Phi) is 49.0. The van der Waals surface area contributed by atoms with E-state index in [1.807, 2.05) is 0 Å². The van der Waals surface area contributed by atoms with Gasteiger partial charge in [0.05, 0.1) is 0 Å². The quantitative estimate of drug-likeness (QED) is 0.164. The van der Waals surface area contributed by atoms with E-state index in [0.29, 0.717) is 0 Å². The van der Waals surface area contributed by atoms with Crippen molar-refractivity contribution in [3.63, 3.8) is 0 Å². The van der Waals surface area contributed by atoms with Crippen molar-refractivity contribution in [3.05, 3.63) is 0 Å². The number of hydrogen-bond donors (Lipinski definition) is 0.